The zero-order valence-corrected chi connectivity index (χ0v) is 18.9. The van der Waals surface area contributed by atoms with E-state index >= 15 is 0 Å². The molecule has 0 aromatic heterocycles. The maximum atomic E-state index is 10.1. The lowest BCUT2D eigenvalue weighted by Gasteiger charge is -2.32. The molecule has 3 unspecified atom stereocenters. The van der Waals surface area contributed by atoms with Crippen molar-refractivity contribution in [1.82, 2.24) is 0 Å². The van der Waals surface area contributed by atoms with Crippen LogP contribution in [0.2, 0.25) is 5.02 Å². The van der Waals surface area contributed by atoms with Gasteiger partial charge in [-0.05, 0) is 47.7 Å². The number of halogens is 1. The molecule has 0 saturated carbocycles. The van der Waals surface area contributed by atoms with Crippen LogP contribution in [0.5, 0.6) is 5.75 Å². The molecule has 2 aromatic carbocycles. The Labute approximate surface area is 194 Å². The van der Waals surface area contributed by atoms with Gasteiger partial charge in [-0.15, -0.1) is 0 Å². The van der Waals surface area contributed by atoms with E-state index < -0.39 is 6.10 Å². The Morgan fingerprint density at radius 2 is 1.91 bits per heavy atom. The van der Waals surface area contributed by atoms with Crippen molar-refractivity contribution >= 4 is 11.6 Å². The van der Waals surface area contributed by atoms with E-state index in [1.807, 2.05) is 42.5 Å². The Balaban J connectivity index is 1.32. The van der Waals surface area contributed by atoms with E-state index in [9.17, 15) is 10.2 Å². The van der Waals surface area contributed by atoms with Crippen LogP contribution in [0, 0.1) is 0 Å². The van der Waals surface area contributed by atoms with Crippen molar-refractivity contribution in [3.05, 3.63) is 64.2 Å². The van der Waals surface area contributed by atoms with Gasteiger partial charge in [0.2, 0.25) is 0 Å². The molecule has 0 radical (unpaired) electrons. The molecule has 2 aromatic rings. The third kappa shape index (κ3) is 6.44. The van der Waals surface area contributed by atoms with Gasteiger partial charge in [0.05, 0.1) is 44.2 Å². The van der Waals surface area contributed by atoms with Crippen LogP contribution in [0.15, 0.2) is 42.5 Å². The van der Waals surface area contributed by atoms with Crippen molar-refractivity contribution in [3.63, 3.8) is 0 Å². The molecule has 2 heterocycles. The predicted molar refractivity (Wildman–Crippen MR) is 121 cm³/mol. The summed E-state index contributed by atoms with van der Waals surface area (Å²) >= 11 is 6.46. The average molecular weight is 463 g/mol. The molecule has 2 N–H and O–H groups in total. The molecular formula is C25H31ClO6. The standard InChI is InChI=1S/C25H31ClO6/c26-24-6-3-18(25-14-20(28)13-23(15-27)32-25)12-19(24)11-17-1-4-21(5-2-17)30-9-10-31-22-7-8-29-16-22/h1-6,12,20,22-23,25,27-28H,7-11,13-16H2/t20?,22?,23?,25-/m1/s1. The van der Waals surface area contributed by atoms with Gasteiger partial charge in [-0.1, -0.05) is 35.9 Å². The topological polar surface area (TPSA) is 77.4 Å². The highest BCUT2D eigenvalue weighted by atomic mass is 35.5. The Bertz CT molecular complexity index is 852. The maximum Gasteiger partial charge on any atom is 0.119 e. The molecule has 0 spiro atoms. The molecule has 7 heteroatoms. The first-order valence-corrected chi connectivity index (χ1v) is 11.6. The zero-order chi connectivity index (χ0) is 22.3. The van der Waals surface area contributed by atoms with E-state index in [4.69, 9.17) is 30.5 Å². The summed E-state index contributed by atoms with van der Waals surface area (Å²) in [6.45, 7) is 2.41. The minimum Gasteiger partial charge on any atom is -0.491 e. The summed E-state index contributed by atoms with van der Waals surface area (Å²) in [6.07, 6.45) is 1.73. The van der Waals surface area contributed by atoms with E-state index in [0.717, 1.165) is 35.5 Å². The molecule has 174 valence electrons. The summed E-state index contributed by atoms with van der Waals surface area (Å²) in [5.41, 5.74) is 3.08. The highest BCUT2D eigenvalue weighted by Crippen LogP contribution is 2.33. The summed E-state index contributed by atoms with van der Waals surface area (Å²) in [5.74, 6) is 0.805. The summed E-state index contributed by atoms with van der Waals surface area (Å²) < 4.78 is 22.7. The summed E-state index contributed by atoms with van der Waals surface area (Å²) in [7, 11) is 0. The molecule has 0 amide bonds. The lowest BCUT2D eigenvalue weighted by Crippen LogP contribution is -2.33. The third-order valence-electron chi connectivity index (χ3n) is 5.93. The van der Waals surface area contributed by atoms with E-state index in [0.29, 0.717) is 44.1 Å². The molecule has 2 aliphatic rings. The van der Waals surface area contributed by atoms with Crippen LogP contribution in [0.4, 0.5) is 0 Å². The van der Waals surface area contributed by atoms with Crippen LogP contribution in [0.25, 0.3) is 0 Å². The second kappa shape index (κ2) is 11.5. The lowest BCUT2D eigenvalue weighted by atomic mass is 9.94. The van der Waals surface area contributed by atoms with Crippen molar-refractivity contribution in [2.24, 2.45) is 0 Å². The zero-order valence-electron chi connectivity index (χ0n) is 18.1. The van der Waals surface area contributed by atoms with Crippen LogP contribution in [0.1, 0.15) is 42.1 Å². The van der Waals surface area contributed by atoms with Gasteiger partial charge in [-0.2, -0.15) is 0 Å². The number of aliphatic hydroxyl groups is 2. The maximum absolute atomic E-state index is 10.1. The van der Waals surface area contributed by atoms with Crippen LogP contribution in [0.3, 0.4) is 0 Å². The predicted octanol–water partition coefficient (Wildman–Crippen LogP) is 3.69. The highest BCUT2D eigenvalue weighted by molar-refractivity contribution is 6.31. The Kier molecular flexibility index (Phi) is 8.41. The van der Waals surface area contributed by atoms with Gasteiger partial charge in [-0.25, -0.2) is 0 Å². The van der Waals surface area contributed by atoms with Crippen LogP contribution >= 0.6 is 11.6 Å². The average Bonchev–Trinajstić information content (AvgIpc) is 3.32. The summed E-state index contributed by atoms with van der Waals surface area (Å²) in [4.78, 5) is 0. The quantitative estimate of drug-likeness (QED) is 0.553. The number of benzene rings is 2. The van der Waals surface area contributed by atoms with Gasteiger partial charge in [0.1, 0.15) is 12.4 Å². The number of rotatable bonds is 9. The van der Waals surface area contributed by atoms with Crippen molar-refractivity contribution in [2.75, 3.05) is 33.0 Å². The van der Waals surface area contributed by atoms with E-state index in [1.165, 1.54) is 0 Å². The first-order chi connectivity index (χ1) is 15.6. The fourth-order valence-electron chi connectivity index (χ4n) is 4.19. The van der Waals surface area contributed by atoms with Crippen LogP contribution in [-0.2, 0) is 20.6 Å². The molecule has 2 fully saturated rings. The number of aliphatic hydroxyl groups excluding tert-OH is 2. The number of hydrogen-bond donors (Lipinski definition) is 2. The fourth-order valence-corrected chi connectivity index (χ4v) is 4.38. The Hall–Kier alpha value is -1.67. The van der Waals surface area contributed by atoms with Crippen molar-refractivity contribution in [3.8, 4) is 5.75 Å². The third-order valence-corrected chi connectivity index (χ3v) is 6.30. The minimum absolute atomic E-state index is 0.0937. The van der Waals surface area contributed by atoms with E-state index in [-0.39, 0.29) is 24.9 Å². The second-order valence-corrected chi connectivity index (χ2v) is 8.84. The molecule has 2 aliphatic heterocycles. The van der Waals surface area contributed by atoms with Gasteiger partial charge in [-0.3, -0.25) is 0 Å². The van der Waals surface area contributed by atoms with Crippen molar-refractivity contribution in [1.29, 1.82) is 0 Å². The minimum atomic E-state index is -0.477. The van der Waals surface area contributed by atoms with Crippen molar-refractivity contribution < 1.29 is 29.2 Å². The Morgan fingerprint density at radius 1 is 1.06 bits per heavy atom. The van der Waals surface area contributed by atoms with Gasteiger partial charge >= 0.3 is 0 Å². The molecule has 6 nitrogen and oxygen atoms in total. The largest absolute Gasteiger partial charge is 0.491 e. The van der Waals surface area contributed by atoms with Crippen LogP contribution in [-0.4, -0.2) is 61.6 Å². The monoisotopic (exact) mass is 462 g/mol. The SMILES string of the molecule is OCC1CC(O)C[C@H](c2ccc(Cl)c(Cc3ccc(OCCOC4CCOC4)cc3)c2)O1. The van der Waals surface area contributed by atoms with Gasteiger partial charge in [0.25, 0.3) is 0 Å². The van der Waals surface area contributed by atoms with Gasteiger partial charge in [0, 0.05) is 24.5 Å². The molecule has 2 saturated heterocycles. The molecular weight excluding hydrogens is 432 g/mol. The van der Waals surface area contributed by atoms with Gasteiger partial charge < -0.3 is 29.2 Å². The molecule has 32 heavy (non-hydrogen) atoms. The van der Waals surface area contributed by atoms with Crippen molar-refractivity contribution in [2.45, 2.75) is 50.1 Å². The van der Waals surface area contributed by atoms with E-state index in [2.05, 4.69) is 0 Å². The lowest BCUT2D eigenvalue weighted by molar-refractivity contribution is -0.113. The van der Waals surface area contributed by atoms with Crippen LogP contribution < -0.4 is 4.74 Å². The second-order valence-electron chi connectivity index (χ2n) is 8.43. The molecule has 0 bridgehead atoms. The summed E-state index contributed by atoms with van der Waals surface area (Å²) in [5, 5.41) is 20.2. The smallest absolute Gasteiger partial charge is 0.119 e. The molecule has 0 aliphatic carbocycles. The Morgan fingerprint density at radius 3 is 2.66 bits per heavy atom. The first-order valence-electron chi connectivity index (χ1n) is 11.2. The number of hydrogen-bond acceptors (Lipinski definition) is 6. The molecule has 4 atom stereocenters. The summed E-state index contributed by atoms with van der Waals surface area (Å²) in [6, 6.07) is 13.8. The molecule has 4 rings (SSSR count). The van der Waals surface area contributed by atoms with Gasteiger partial charge in [0.15, 0.2) is 0 Å². The highest BCUT2D eigenvalue weighted by Gasteiger charge is 2.29. The first kappa shape index (κ1) is 23.5. The normalized spacial score (nSPS) is 25.7. The number of ether oxygens (including phenoxy) is 4. The fraction of sp³-hybridized carbons (Fsp3) is 0.520. The van der Waals surface area contributed by atoms with E-state index in [1.54, 1.807) is 0 Å².